The zero-order valence-corrected chi connectivity index (χ0v) is 21.3. The molecule has 1 fully saturated rings. The van der Waals surface area contributed by atoms with Gasteiger partial charge in [0.1, 0.15) is 17.3 Å². The third kappa shape index (κ3) is 6.03. The van der Waals surface area contributed by atoms with Crippen LogP contribution in [0.1, 0.15) is 49.4 Å². The van der Waals surface area contributed by atoms with Crippen LogP contribution in [0, 0.1) is 6.92 Å². The van der Waals surface area contributed by atoms with Crippen LogP contribution in [-0.4, -0.2) is 67.0 Å². The first-order valence-electron chi connectivity index (χ1n) is 12.2. The molecule has 188 valence electrons. The molecule has 1 aliphatic heterocycles. The van der Waals surface area contributed by atoms with E-state index in [1.54, 1.807) is 23.1 Å². The standard InChI is InChI=1S/C28H36N2O5/c1-6-8-17-35-22-12-9-20(10-13-22)25-24(27(32)28(33)30(25)16-15-29(4)5)26(31)21-11-14-23(34-7-2)19(3)18-21/h9-14,18,25,31H,6-8,15-17H2,1-5H3/b26-24+. The molecule has 2 aromatic rings. The Labute approximate surface area is 207 Å². The molecule has 2 aromatic carbocycles. The SMILES string of the molecule is CCCCOc1ccc(C2/C(=C(\O)c3ccc(OCC)c(C)c3)C(=O)C(=O)N2CCN(C)C)cc1. The van der Waals surface area contributed by atoms with Gasteiger partial charge in [0.2, 0.25) is 0 Å². The number of likely N-dealkylation sites (tertiary alicyclic amines) is 1. The molecular formula is C28H36N2O5. The number of aryl methyl sites for hydroxylation is 1. The molecule has 3 rings (SSSR count). The third-order valence-corrected chi connectivity index (χ3v) is 6.04. The predicted molar refractivity (Wildman–Crippen MR) is 137 cm³/mol. The van der Waals surface area contributed by atoms with Crippen molar-refractivity contribution in [3.05, 3.63) is 64.7 Å². The summed E-state index contributed by atoms with van der Waals surface area (Å²) in [5, 5.41) is 11.3. The number of carbonyl (C=O) groups excluding carboxylic acids is 2. The van der Waals surface area contributed by atoms with E-state index >= 15 is 0 Å². The average molecular weight is 481 g/mol. The Morgan fingerprint density at radius 1 is 1.06 bits per heavy atom. The second-order valence-corrected chi connectivity index (χ2v) is 8.98. The van der Waals surface area contributed by atoms with Gasteiger partial charge in [-0.25, -0.2) is 0 Å². The van der Waals surface area contributed by atoms with Crippen LogP contribution in [0.25, 0.3) is 5.76 Å². The normalized spacial score (nSPS) is 17.3. The largest absolute Gasteiger partial charge is 0.507 e. The summed E-state index contributed by atoms with van der Waals surface area (Å²) >= 11 is 0. The Bertz CT molecular complexity index is 1080. The molecule has 1 unspecified atom stereocenters. The lowest BCUT2D eigenvalue weighted by Gasteiger charge is -2.26. The van der Waals surface area contributed by atoms with Gasteiger partial charge in [0, 0.05) is 18.7 Å². The molecule has 0 bridgehead atoms. The Hall–Kier alpha value is -3.32. The van der Waals surface area contributed by atoms with Crippen molar-refractivity contribution in [2.45, 2.75) is 39.7 Å². The minimum atomic E-state index is -0.688. The van der Waals surface area contributed by atoms with Gasteiger partial charge in [-0.2, -0.15) is 0 Å². The fourth-order valence-electron chi connectivity index (χ4n) is 4.12. The number of Topliss-reactive ketones (excluding diaryl/α,β-unsaturated/α-hetero) is 1. The first kappa shape index (κ1) is 26.3. The lowest BCUT2D eigenvalue weighted by atomic mass is 9.94. The molecule has 1 aliphatic rings. The lowest BCUT2D eigenvalue weighted by Crippen LogP contribution is -2.35. The van der Waals surface area contributed by atoms with E-state index in [0.717, 1.165) is 29.7 Å². The number of hydrogen-bond acceptors (Lipinski definition) is 6. The molecule has 0 spiro atoms. The van der Waals surface area contributed by atoms with Crippen molar-refractivity contribution in [1.82, 2.24) is 9.80 Å². The maximum atomic E-state index is 13.2. The Balaban J connectivity index is 2.04. The van der Waals surface area contributed by atoms with Crippen LogP contribution < -0.4 is 9.47 Å². The summed E-state index contributed by atoms with van der Waals surface area (Å²) in [4.78, 5) is 29.7. The van der Waals surface area contributed by atoms with E-state index in [-0.39, 0.29) is 11.3 Å². The van der Waals surface area contributed by atoms with Crippen molar-refractivity contribution < 1.29 is 24.2 Å². The molecule has 0 aromatic heterocycles. The van der Waals surface area contributed by atoms with Crippen LogP contribution in [0.15, 0.2) is 48.0 Å². The number of benzene rings is 2. The second-order valence-electron chi connectivity index (χ2n) is 8.98. The molecule has 1 N–H and O–H groups in total. The van der Waals surface area contributed by atoms with Gasteiger partial charge in [-0.05, 0) is 75.8 Å². The Kier molecular flexibility index (Phi) is 8.93. The van der Waals surface area contributed by atoms with E-state index in [9.17, 15) is 14.7 Å². The van der Waals surface area contributed by atoms with Crippen molar-refractivity contribution in [3.63, 3.8) is 0 Å². The van der Waals surface area contributed by atoms with Gasteiger partial charge in [0.25, 0.3) is 11.7 Å². The second kappa shape index (κ2) is 11.9. The summed E-state index contributed by atoms with van der Waals surface area (Å²) < 4.78 is 11.4. The Morgan fingerprint density at radius 2 is 1.77 bits per heavy atom. The van der Waals surface area contributed by atoms with Gasteiger partial charge in [-0.1, -0.05) is 25.5 Å². The van der Waals surface area contributed by atoms with E-state index in [4.69, 9.17) is 9.47 Å². The minimum Gasteiger partial charge on any atom is -0.507 e. The van der Waals surface area contributed by atoms with Crippen molar-refractivity contribution in [1.29, 1.82) is 0 Å². The van der Waals surface area contributed by atoms with Crippen molar-refractivity contribution in [2.24, 2.45) is 0 Å². The van der Waals surface area contributed by atoms with E-state index in [1.807, 2.05) is 57.1 Å². The Morgan fingerprint density at radius 3 is 2.37 bits per heavy atom. The highest BCUT2D eigenvalue weighted by molar-refractivity contribution is 6.46. The number of nitrogens with zero attached hydrogens (tertiary/aromatic N) is 2. The first-order chi connectivity index (χ1) is 16.8. The van der Waals surface area contributed by atoms with Gasteiger partial charge in [-0.3, -0.25) is 9.59 Å². The van der Waals surface area contributed by atoms with Crippen LogP contribution in [0.2, 0.25) is 0 Å². The quantitative estimate of drug-likeness (QED) is 0.220. The highest BCUT2D eigenvalue weighted by Gasteiger charge is 2.45. The van der Waals surface area contributed by atoms with Crippen molar-refractivity contribution in [3.8, 4) is 11.5 Å². The number of aliphatic hydroxyl groups is 1. The van der Waals surface area contributed by atoms with Crippen LogP contribution in [0.4, 0.5) is 0 Å². The van der Waals surface area contributed by atoms with E-state index in [2.05, 4.69) is 6.92 Å². The molecule has 7 heteroatoms. The zero-order chi connectivity index (χ0) is 25.5. The highest BCUT2D eigenvalue weighted by atomic mass is 16.5. The molecule has 1 heterocycles. The number of amides is 1. The molecule has 1 saturated heterocycles. The van der Waals surface area contributed by atoms with Crippen LogP contribution in [-0.2, 0) is 9.59 Å². The predicted octanol–water partition coefficient (Wildman–Crippen LogP) is 4.56. The molecule has 1 amide bonds. The van der Waals surface area contributed by atoms with E-state index < -0.39 is 17.7 Å². The van der Waals surface area contributed by atoms with Crippen molar-refractivity contribution >= 4 is 17.4 Å². The summed E-state index contributed by atoms with van der Waals surface area (Å²) in [5.41, 5.74) is 2.15. The van der Waals surface area contributed by atoms with Crippen molar-refractivity contribution in [2.75, 3.05) is 40.4 Å². The molecule has 7 nitrogen and oxygen atoms in total. The number of aliphatic hydroxyl groups excluding tert-OH is 1. The van der Waals surface area contributed by atoms with E-state index in [1.165, 1.54) is 0 Å². The zero-order valence-electron chi connectivity index (χ0n) is 21.3. The first-order valence-corrected chi connectivity index (χ1v) is 12.2. The summed E-state index contributed by atoms with van der Waals surface area (Å²) in [7, 11) is 3.83. The van der Waals surface area contributed by atoms with Crippen LogP contribution in [0.3, 0.4) is 0 Å². The maximum absolute atomic E-state index is 13.2. The van der Waals surface area contributed by atoms with Gasteiger partial charge in [0.05, 0.1) is 24.8 Å². The number of unbranched alkanes of at least 4 members (excludes halogenated alkanes) is 1. The summed E-state index contributed by atoms with van der Waals surface area (Å²) in [6.45, 7) is 8.00. The fourth-order valence-corrected chi connectivity index (χ4v) is 4.12. The van der Waals surface area contributed by atoms with E-state index in [0.29, 0.717) is 37.6 Å². The van der Waals surface area contributed by atoms with Crippen LogP contribution in [0.5, 0.6) is 11.5 Å². The third-order valence-electron chi connectivity index (χ3n) is 6.04. The number of carbonyl (C=O) groups is 2. The molecule has 1 atom stereocenters. The van der Waals surface area contributed by atoms with Gasteiger partial charge >= 0.3 is 0 Å². The summed E-state index contributed by atoms with van der Waals surface area (Å²) in [6.07, 6.45) is 2.01. The molecule has 35 heavy (non-hydrogen) atoms. The molecule has 0 saturated carbocycles. The minimum absolute atomic E-state index is 0.0944. The summed E-state index contributed by atoms with van der Waals surface area (Å²) in [6, 6.07) is 12.0. The van der Waals surface area contributed by atoms with Gasteiger partial charge in [-0.15, -0.1) is 0 Å². The van der Waals surface area contributed by atoms with Gasteiger partial charge < -0.3 is 24.4 Å². The topological polar surface area (TPSA) is 79.3 Å². The molecular weight excluding hydrogens is 444 g/mol. The van der Waals surface area contributed by atoms with Crippen LogP contribution >= 0.6 is 0 Å². The van der Waals surface area contributed by atoms with Gasteiger partial charge in [0.15, 0.2) is 0 Å². The number of hydrogen-bond donors (Lipinski definition) is 1. The fraction of sp³-hybridized carbons (Fsp3) is 0.429. The number of rotatable bonds is 11. The number of ether oxygens (including phenoxy) is 2. The smallest absolute Gasteiger partial charge is 0.295 e. The number of ketones is 1. The summed E-state index contributed by atoms with van der Waals surface area (Å²) in [5.74, 6) is -0.0270. The lowest BCUT2D eigenvalue weighted by molar-refractivity contribution is -0.140. The molecule has 0 aliphatic carbocycles. The average Bonchev–Trinajstić information content (AvgIpc) is 3.09. The number of likely N-dealkylation sites (N-methyl/N-ethyl adjacent to an activating group) is 1. The highest BCUT2D eigenvalue weighted by Crippen LogP contribution is 2.40. The maximum Gasteiger partial charge on any atom is 0.295 e. The molecule has 0 radical (unpaired) electrons. The monoisotopic (exact) mass is 480 g/mol.